The van der Waals surface area contributed by atoms with E-state index in [9.17, 15) is 0 Å². The van der Waals surface area contributed by atoms with Crippen molar-refractivity contribution in [2.75, 3.05) is 11.9 Å². The van der Waals surface area contributed by atoms with Gasteiger partial charge in [-0.05, 0) is 40.9 Å². The SMILES string of the molecule is Brc1cccc2c1SC1(CCC1)CN2. The Hall–Kier alpha value is -0.150. The van der Waals surface area contributed by atoms with Crippen LogP contribution in [0.25, 0.3) is 0 Å². The molecule has 14 heavy (non-hydrogen) atoms. The fourth-order valence-electron chi connectivity index (χ4n) is 2.11. The molecule has 3 heteroatoms. The standard InChI is InChI=1S/C11H12BrNS/c12-8-3-1-4-9-10(8)14-11(7-13-9)5-2-6-11/h1,3-4,13H,2,5-7H2. The number of fused-ring (bicyclic) bond motifs is 1. The normalized spacial score (nSPS) is 22.4. The molecule has 1 nitrogen and oxygen atoms in total. The maximum atomic E-state index is 3.63. The Labute approximate surface area is 96.8 Å². The van der Waals surface area contributed by atoms with E-state index in [1.165, 1.54) is 34.3 Å². The fourth-order valence-corrected chi connectivity index (χ4v) is 4.21. The zero-order valence-electron chi connectivity index (χ0n) is 7.85. The smallest absolute Gasteiger partial charge is 0.0490 e. The highest BCUT2D eigenvalue weighted by molar-refractivity contribution is 9.10. The maximum absolute atomic E-state index is 3.63. The van der Waals surface area contributed by atoms with Gasteiger partial charge in [0.2, 0.25) is 0 Å². The third-order valence-corrected chi connectivity index (χ3v) is 5.70. The van der Waals surface area contributed by atoms with E-state index in [2.05, 4.69) is 51.2 Å². The molecule has 2 aliphatic rings. The van der Waals surface area contributed by atoms with Crippen LogP contribution >= 0.6 is 27.7 Å². The molecule has 0 unspecified atom stereocenters. The molecule has 1 N–H and O–H groups in total. The number of hydrogen-bond acceptors (Lipinski definition) is 2. The monoisotopic (exact) mass is 269 g/mol. The minimum Gasteiger partial charge on any atom is -0.383 e. The summed E-state index contributed by atoms with van der Waals surface area (Å²) in [5.74, 6) is 0. The first-order valence-electron chi connectivity index (χ1n) is 5.01. The van der Waals surface area contributed by atoms with Crippen LogP contribution in [0.3, 0.4) is 0 Å². The Balaban J connectivity index is 2.00. The molecule has 3 rings (SSSR count). The quantitative estimate of drug-likeness (QED) is 0.767. The lowest BCUT2D eigenvalue weighted by Crippen LogP contribution is -2.42. The molecule has 1 saturated carbocycles. The van der Waals surface area contributed by atoms with Crippen molar-refractivity contribution in [3.63, 3.8) is 0 Å². The summed E-state index contributed by atoms with van der Waals surface area (Å²) in [5, 5.41) is 3.55. The van der Waals surface area contributed by atoms with Gasteiger partial charge >= 0.3 is 0 Å². The van der Waals surface area contributed by atoms with Gasteiger partial charge in [0.25, 0.3) is 0 Å². The topological polar surface area (TPSA) is 12.0 Å². The van der Waals surface area contributed by atoms with Crippen LogP contribution in [0.2, 0.25) is 0 Å². The van der Waals surface area contributed by atoms with E-state index in [1.807, 2.05) is 0 Å². The molecule has 0 amide bonds. The second-order valence-electron chi connectivity index (χ2n) is 4.11. The Morgan fingerprint density at radius 2 is 2.21 bits per heavy atom. The minimum absolute atomic E-state index is 0.511. The third-order valence-electron chi connectivity index (χ3n) is 3.15. The summed E-state index contributed by atoms with van der Waals surface area (Å²) < 4.78 is 1.75. The van der Waals surface area contributed by atoms with Crippen molar-refractivity contribution in [3.8, 4) is 0 Å². The first-order chi connectivity index (χ1) is 6.79. The van der Waals surface area contributed by atoms with Crippen molar-refractivity contribution < 1.29 is 0 Å². The van der Waals surface area contributed by atoms with Gasteiger partial charge in [0.05, 0.1) is 0 Å². The minimum atomic E-state index is 0.511. The number of hydrogen-bond donors (Lipinski definition) is 1. The van der Waals surface area contributed by atoms with Gasteiger partial charge in [-0.25, -0.2) is 0 Å². The van der Waals surface area contributed by atoms with Crippen molar-refractivity contribution in [2.24, 2.45) is 0 Å². The molecule has 1 heterocycles. The summed E-state index contributed by atoms with van der Waals surface area (Å²) in [6.45, 7) is 1.14. The largest absolute Gasteiger partial charge is 0.383 e. The van der Waals surface area contributed by atoms with Crippen LogP contribution in [0, 0.1) is 0 Å². The van der Waals surface area contributed by atoms with E-state index in [4.69, 9.17) is 0 Å². The number of anilines is 1. The van der Waals surface area contributed by atoms with Gasteiger partial charge in [-0.15, -0.1) is 11.8 Å². The fraction of sp³-hybridized carbons (Fsp3) is 0.455. The molecule has 74 valence electrons. The molecule has 0 aromatic heterocycles. The van der Waals surface area contributed by atoms with E-state index < -0.39 is 0 Å². The zero-order chi connectivity index (χ0) is 9.60. The van der Waals surface area contributed by atoms with Gasteiger partial charge in [0.1, 0.15) is 0 Å². The predicted molar refractivity (Wildman–Crippen MR) is 65.1 cm³/mol. The lowest BCUT2D eigenvalue weighted by molar-refractivity contribution is 0.376. The van der Waals surface area contributed by atoms with Crippen LogP contribution in [0.1, 0.15) is 19.3 Å². The highest BCUT2D eigenvalue weighted by atomic mass is 79.9. The van der Waals surface area contributed by atoms with Crippen molar-refractivity contribution in [1.82, 2.24) is 0 Å². The van der Waals surface area contributed by atoms with Gasteiger partial charge in [0.15, 0.2) is 0 Å². The first-order valence-corrected chi connectivity index (χ1v) is 6.61. The van der Waals surface area contributed by atoms with E-state index >= 15 is 0 Å². The van der Waals surface area contributed by atoms with Crippen molar-refractivity contribution in [1.29, 1.82) is 0 Å². The summed E-state index contributed by atoms with van der Waals surface area (Å²) in [6, 6.07) is 6.39. The second kappa shape index (κ2) is 3.17. The Morgan fingerprint density at radius 1 is 1.36 bits per heavy atom. The molecule has 1 aromatic carbocycles. The van der Waals surface area contributed by atoms with Crippen LogP contribution in [0.4, 0.5) is 5.69 Å². The number of benzene rings is 1. The van der Waals surface area contributed by atoms with Crippen molar-refractivity contribution in [3.05, 3.63) is 22.7 Å². The Kier molecular flexibility index (Phi) is 2.06. The molecule has 1 spiro atoms. The summed E-state index contributed by atoms with van der Waals surface area (Å²) in [6.07, 6.45) is 4.13. The number of thioether (sulfide) groups is 1. The molecule has 0 atom stereocenters. The summed E-state index contributed by atoms with van der Waals surface area (Å²) in [5.41, 5.74) is 1.29. The molecule has 0 radical (unpaired) electrons. The molecule has 1 aliphatic carbocycles. The Morgan fingerprint density at radius 3 is 2.93 bits per heavy atom. The second-order valence-corrected chi connectivity index (χ2v) is 6.44. The van der Waals surface area contributed by atoms with Crippen molar-refractivity contribution in [2.45, 2.75) is 28.9 Å². The first kappa shape index (κ1) is 9.10. The number of nitrogens with one attached hydrogen (secondary N) is 1. The lowest BCUT2D eigenvalue weighted by Gasteiger charge is -2.45. The summed E-state index contributed by atoms with van der Waals surface area (Å²) in [7, 11) is 0. The lowest BCUT2D eigenvalue weighted by atomic mass is 9.84. The highest BCUT2D eigenvalue weighted by Gasteiger charge is 2.41. The van der Waals surface area contributed by atoms with Crippen LogP contribution in [0.15, 0.2) is 27.6 Å². The van der Waals surface area contributed by atoms with Gasteiger partial charge in [-0.1, -0.05) is 12.5 Å². The Bertz CT molecular complexity index is 374. The van der Waals surface area contributed by atoms with E-state index in [1.54, 1.807) is 0 Å². The molecule has 0 saturated heterocycles. The van der Waals surface area contributed by atoms with Crippen molar-refractivity contribution >= 4 is 33.4 Å². The van der Waals surface area contributed by atoms with Crippen LogP contribution in [-0.4, -0.2) is 11.3 Å². The molecule has 1 fully saturated rings. The molecule has 0 bridgehead atoms. The predicted octanol–water partition coefficient (Wildman–Crippen LogP) is 3.89. The average molecular weight is 270 g/mol. The van der Waals surface area contributed by atoms with Crippen LogP contribution in [-0.2, 0) is 0 Å². The average Bonchev–Trinajstić information content (AvgIpc) is 2.16. The molecular formula is C11H12BrNS. The molecular weight excluding hydrogens is 258 g/mol. The van der Waals surface area contributed by atoms with E-state index in [0.717, 1.165) is 6.54 Å². The van der Waals surface area contributed by atoms with Gasteiger partial charge in [-0.3, -0.25) is 0 Å². The number of rotatable bonds is 0. The number of halogens is 1. The summed E-state index contributed by atoms with van der Waals surface area (Å²) in [4.78, 5) is 1.40. The van der Waals surface area contributed by atoms with E-state index in [-0.39, 0.29) is 0 Å². The molecule has 1 aliphatic heterocycles. The van der Waals surface area contributed by atoms with Gasteiger partial charge in [-0.2, -0.15) is 0 Å². The van der Waals surface area contributed by atoms with Crippen LogP contribution < -0.4 is 5.32 Å². The third kappa shape index (κ3) is 1.29. The molecule has 1 aromatic rings. The summed E-state index contributed by atoms with van der Waals surface area (Å²) >= 11 is 5.69. The highest BCUT2D eigenvalue weighted by Crippen LogP contribution is 2.53. The van der Waals surface area contributed by atoms with Gasteiger partial charge in [0, 0.05) is 26.3 Å². The van der Waals surface area contributed by atoms with Gasteiger partial charge < -0.3 is 5.32 Å². The maximum Gasteiger partial charge on any atom is 0.0490 e. The zero-order valence-corrected chi connectivity index (χ0v) is 10.2. The van der Waals surface area contributed by atoms with E-state index in [0.29, 0.717) is 4.75 Å². The van der Waals surface area contributed by atoms with Crippen LogP contribution in [0.5, 0.6) is 0 Å².